The molecule has 0 amide bonds. The lowest BCUT2D eigenvalue weighted by atomic mass is 9.80. The Balaban J connectivity index is 1.99. The van der Waals surface area contributed by atoms with Gasteiger partial charge < -0.3 is 10.6 Å². The van der Waals surface area contributed by atoms with Crippen LogP contribution >= 0.6 is 0 Å². The summed E-state index contributed by atoms with van der Waals surface area (Å²) in [5.74, 6) is 2.04. The third kappa shape index (κ3) is 2.30. The molecule has 1 atom stereocenters. The van der Waals surface area contributed by atoms with E-state index in [0.717, 1.165) is 29.8 Å². The first-order valence-electron chi connectivity index (χ1n) is 7.22. The highest BCUT2D eigenvalue weighted by Crippen LogP contribution is 2.36. The third-order valence-electron chi connectivity index (χ3n) is 4.31. The quantitative estimate of drug-likeness (QED) is 0.865. The number of fused-ring (bicyclic) bond motifs is 1. The fraction of sp³-hybridized carbons (Fsp3) is 0.500. The van der Waals surface area contributed by atoms with E-state index in [1.165, 1.54) is 6.42 Å². The van der Waals surface area contributed by atoms with Crippen molar-refractivity contribution >= 4 is 22.7 Å². The highest BCUT2D eigenvalue weighted by Gasteiger charge is 2.33. The van der Waals surface area contributed by atoms with Crippen LogP contribution in [0.4, 0.5) is 11.8 Å². The van der Waals surface area contributed by atoms with Gasteiger partial charge in [0.1, 0.15) is 5.82 Å². The van der Waals surface area contributed by atoms with Crippen molar-refractivity contribution in [2.24, 2.45) is 11.3 Å². The van der Waals surface area contributed by atoms with Crippen LogP contribution in [0.3, 0.4) is 0 Å². The second-order valence-electron chi connectivity index (χ2n) is 6.72. The summed E-state index contributed by atoms with van der Waals surface area (Å²) in [6, 6.07) is 8.09. The molecular formula is C16H22N4. The van der Waals surface area contributed by atoms with Gasteiger partial charge in [-0.05, 0) is 29.9 Å². The first-order valence-corrected chi connectivity index (χ1v) is 7.22. The molecule has 2 N–H and O–H groups in total. The minimum absolute atomic E-state index is 0.336. The molecule has 0 spiro atoms. The maximum atomic E-state index is 5.86. The maximum absolute atomic E-state index is 5.86. The van der Waals surface area contributed by atoms with Crippen molar-refractivity contribution in [1.29, 1.82) is 0 Å². The minimum Gasteiger partial charge on any atom is -0.368 e. The predicted octanol–water partition coefficient (Wildman–Crippen LogP) is 3.08. The van der Waals surface area contributed by atoms with Crippen LogP contribution in [0, 0.1) is 11.3 Å². The molecule has 1 aliphatic rings. The molecule has 1 unspecified atom stereocenters. The van der Waals surface area contributed by atoms with Gasteiger partial charge in [-0.15, -0.1) is 0 Å². The number of hydrogen-bond acceptors (Lipinski definition) is 4. The number of para-hydroxylation sites is 1. The van der Waals surface area contributed by atoms with Crippen molar-refractivity contribution in [2.45, 2.75) is 27.2 Å². The predicted molar refractivity (Wildman–Crippen MR) is 83.7 cm³/mol. The number of nitrogens with two attached hydrogens (primary N) is 1. The third-order valence-corrected chi connectivity index (χ3v) is 4.31. The van der Waals surface area contributed by atoms with Crippen LogP contribution in [0.25, 0.3) is 10.9 Å². The fourth-order valence-electron chi connectivity index (χ4n) is 2.98. The van der Waals surface area contributed by atoms with E-state index in [-0.39, 0.29) is 0 Å². The molecule has 0 aliphatic carbocycles. The Morgan fingerprint density at radius 3 is 2.65 bits per heavy atom. The highest BCUT2D eigenvalue weighted by molar-refractivity contribution is 5.90. The van der Waals surface area contributed by atoms with Crippen LogP contribution in [0.1, 0.15) is 27.2 Å². The van der Waals surface area contributed by atoms with E-state index in [1.54, 1.807) is 0 Å². The molecule has 2 heterocycles. The van der Waals surface area contributed by atoms with Crippen LogP contribution in [0.15, 0.2) is 24.3 Å². The van der Waals surface area contributed by atoms with Gasteiger partial charge in [0.15, 0.2) is 0 Å². The van der Waals surface area contributed by atoms with Gasteiger partial charge in [-0.1, -0.05) is 32.9 Å². The molecule has 1 fully saturated rings. The van der Waals surface area contributed by atoms with E-state index in [1.807, 2.05) is 18.2 Å². The van der Waals surface area contributed by atoms with Crippen LogP contribution in [-0.4, -0.2) is 23.1 Å². The van der Waals surface area contributed by atoms with Gasteiger partial charge in [0.05, 0.1) is 5.52 Å². The Morgan fingerprint density at radius 2 is 1.95 bits per heavy atom. The van der Waals surface area contributed by atoms with E-state index in [0.29, 0.717) is 17.3 Å². The average molecular weight is 270 g/mol. The van der Waals surface area contributed by atoms with Crippen LogP contribution < -0.4 is 10.6 Å². The lowest BCUT2D eigenvalue weighted by Gasteiger charge is -2.27. The number of rotatable bonds is 1. The number of nitrogens with zero attached hydrogens (tertiary/aromatic N) is 3. The topological polar surface area (TPSA) is 55.0 Å². The monoisotopic (exact) mass is 270 g/mol. The number of nitrogen functional groups attached to an aromatic ring is 1. The normalized spacial score (nSPS) is 19.8. The molecule has 106 valence electrons. The van der Waals surface area contributed by atoms with E-state index in [9.17, 15) is 0 Å². The Bertz CT molecular complexity index is 630. The van der Waals surface area contributed by atoms with Gasteiger partial charge in [-0.2, -0.15) is 4.98 Å². The second kappa shape index (κ2) is 4.62. The summed E-state index contributed by atoms with van der Waals surface area (Å²) >= 11 is 0. The second-order valence-corrected chi connectivity index (χ2v) is 6.72. The molecule has 3 rings (SSSR count). The van der Waals surface area contributed by atoms with E-state index in [4.69, 9.17) is 5.73 Å². The van der Waals surface area contributed by atoms with Crippen LogP contribution in [0.2, 0.25) is 0 Å². The number of anilines is 2. The summed E-state index contributed by atoms with van der Waals surface area (Å²) in [6.07, 6.45) is 1.21. The van der Waals surface area contributed by atoms with E-state index >= 15 is 0 Å². The van der Waals surface area contributed by atoms with Crippen LogP contribution in [-0.2, 0) is 0 Å². The molecule has 4 nitrogen and oxygen atoms in total. The first-order chi connectivity index (χ1) is 9.45. The minimum atomic E-state index is 0.336. The maximum Gasteiger partial charge on any atom is 0.222 e. The zero-order valence-electron chi connectivity index (χ0n) is 12.4. The number of hydrogen-bond donors (Lipinski definition) is 1. The summed E-state index contributed by atoms with van der Waals surface area (Å²) in [4.78, 5) is 11.2. The number of aromatic nitrogens is 2. The Labute approximate surface area is 120 Å². The molecule has 1 saturated heterocycles. The molecule has 0 bridgehead atoms. The summed E-state index contributed by atoms with van der Waals surface area (Å²) < 4.78 is 0. The van der Waals surface area contributed by atoms with Crippen LogP contribution in [0.5, 0.6) is 0 Å². The zero-order chi connectivity index (χ0) is 14.3. The molecule has 1 aromatic carbocycles. The summed E-state index contributed by atoms with van der Waals surface area (Å²) in [5.41, 5.74) is 7.13. The lowest BCUT2D eigenvalue weighted by Crippen LogP contribution is -2.26. The van der Waals surface area contributed by atoms with Crippen molar-refractivity contribution in [3.05, 3.63) is 24.3 Å². The fourth-order valence-corrected chi connectivity index (χ4v) is 2.98. The summed E-state index contributed by atoms with van der Waals surface area (Å²) in [6.45, 7) is 9.03. The van der Waals surface area contributed by atoms with Gasteiger partial charge >= 0.3 is 0 Å². The molecule has 1 aliphatic heterocycles. The van der Waals surface area contributed by atoms with E-state index < -0.39 is 0 Å². The largest absolute Gasteiger partial charge is 0.368 e. The Kier molecular flexibility index (Phi) is 3.04. The van der Waals surface area contributed by atoms with Gasteiger partial charge in [0.25, 0.3) is 0 Å². The highest BCUT2D eigenvalue weighted by atomic mass is 15.2. The van der Waals surface area contributed by atoms with E-state index in [2.05, 4.69) is 41.7 Å². The average Bonchev–Trinajstić information content (AvgIpc) is 2.87. The standard InChI is InChI=1S/C16H22N4/c1-16(2,3)11-8-9-20(10-11)14-12-6-4-5-7-13(12)18-15(17)19-14/h4-7,11H,8-10H2,1-3H3,(H2,17,18,19). The van der Waals surface area contributed by atoms with Crippen molar-refractivity contribution in [3.63, 3.8) is 0 Å². The molecule has 4 heteroatoms. The SMILES string of the molecule is CC(C)(C)C1CCN(c2nc(N)nc3ccccc23)C1. The number of benzene rings is 1. The first kappa shape index (κ1) is 13.2. The van der Waals surface area contributed by atoms with Crippen molar-refractivity contribution < 1.29 is 0 Å². The van der Waals surface area contributed by atoms with Crippen molar-refractivity contribution in [1.82, 2.24) is 9.97 Å². The molecule has 2 aromatic rings. The summed E-state index contributed by atoms with van der Waals surface area (Å²) in [5, 5.41) is 1.09. The lowest BCUT2D eigenvalue weighted by molar-refractivity contribution is 0.263. The van der Waals surface area contributed by atoms with Gasteiger partial charge in [-0.3, -0.25) is 0 Å². The molecule has 0 radical (unpaired) electrons. The van der Waals surface area contributed by atoms with Gasteiger partial charge in [-0.25, -0.2) is 4.98 Å². The Morgan fingerprint density at radius 1 is 1.20 bits per heavy atom. The zero-order valence-corrected chi connectivity index (χ0v) is 12.4. The molecular weight excluding hydrogens is 248 g/mol. The molecule has 0 saturated carbocycles. The Hall–Kier alpha value is -1.84. The molecule has 1 aromatic heterocycles. The smallest absolute Gasteiger partial charge is 0.222 e. The van der Waals surface area contributed by atoms with Crippen molar-refractivity contribution in [3.8, 4) is 0 Å². The van der Waals surface area contributed by atoms with Gasteiger partial charge in [0, 0.05) is 18.5 Å². The molecule has 20 heavy (non-hydrogen) atoms. The van der Waals surface area contributed by atoms with Crippen molar-refractivity contribution in [2.75, 3.05) is 23.7 Å². The summed E-state index contributed by atoms with van der Waals surface area (Å²) in [7, 11) is 0. The van der Waals surface area contributed by atoms with Gasteiger partial charge in [0.2, 0.25) is 5.95 Å².